The number of ether oxygens (including phenoxy) is 1. The summed E-state index contributed by atoms with van der Waals surface area (Å²) < 4.78 is 5.20. The normalized spacial score (nSPS) is 13.4. The molecule has 0 aromatic rings. The third-order valence-corrected chi connectivity index (χ3v) is 3.71. The number of carbonyl (C=O) groups is 2. The standard InChI is InChI=1S/C12H24NO3P/c1-9(14)7-8-10(17(5)6)13-11(15)16-12(2,3)4/h10H,7-8H2,1-6H3,(H,13,15). The minimum absolute atomic E-state index is 0.0451. The topological polar surface area (TPSA) is 55.4 Å². The lowest BCUT2D eigenvalue weighted by Gasteiger charge is -2.25. The van der Waals surface area contributed by atoms with Crippen LogP contribution in [-0.2, 0) is 9.53 Å². The summed E-state index contributed by atoms with van der Waals surface area (Å²) in [7, 11) is -0.333. The van der Waals surface area contributed by atoms with E-state index in [1.807, 2.05) is 20.8 Å². The maximum absolute atomic E-state index is 11.6. The summed E-state index contributed by atoms with van der Waals surface area (Å²) in [5.74, 6) is 0.196. The zero-order valence-corrected chi connectivity index (χ0v) is 12.6. The first-order chi connectivity index (χ1) is 7.61. The predicted octanol–water partition coefficient (Wildman–Crippen LogP) is 2.95. The van der Waals surface area contributed by atoms with Crippen molar-refractivity contribution in [3.8, 4) is 0 Å². The van der Waals surface area contributed by atoms with Gasteiger partial charge < -0.3 is 14.8 Å². The van der Waals surface area contributed by atoms with Gasteiger partial charge in [0.1, 0.15) is 11.4 Å². The molecular formula is C12H24NO3P. The van der Waals surface area contributed by atoms with Gasteiger partial charge in [0, 0.05) is 6.42 Å². The smallest absolute Gasteiger partial charge is 0.408 e. The van der Waals surface area contributed by atoms with Gasteiger partial charge in [0.25, 0.3) is 0 Å². The van der Waals surface area contributed by atoms with Crippen LogP contribution in [0.3, 0.4) is 0 Å². The van der Waals surface area contributed by atoms with Crippen LogP contribution >= 0.6 is 7.92 Å². The number of Topliss-reactive ketones (excluding diaryl/α,β-unsaturated/α-hetero) is 1. The van der Waals surface area contributed by atoms with Crippen molar-refractivity contribution in [1.29, 1.82) is 0 Å². The number of hydrogen-bond acceptors (Lipinski definition) is 3. The van der Waals surface area contributed by atoms with Crippen molar-refractivity contribution in [3.63, 3.8) is 0 Å². The Morgan fingerprint density at radius 3 is 2.18 bits per heavy atom. The molecule has 0 saturated heterocycles. The molecule has 100 valence electrons. The van der Waals surface area contributed by atoms with Crippen molar-refractivity contribution >= 4 is 19.8 Å². The number of rotatable bonds is 5. The molecule has 0 saturated carbocycles. The fraction of sp³-hybridized carbons (Fsp3) is 0.833. The molecule has 0 aliphatic rings. The van der Waals surface area contributed by atoms with Crippen LogP contribution in [0, 0.1) is 0 Å². The van der Waals surface area contributed by atoms with Gasteiger partial charge in [0.2, 0.25) is 0 Å². The second kappa shape index (κ2) is 6.95. The van der Waals surface area contributed by atoms with Crippen molar-refractivity contribution in [2.75, 3.05) is 13.3 Å². The van der Waals surface area contributed by atoms with Crippen LogP contribution < -0.4 is 5.32 Å². The summed E-state index contributed by atoms with van der Waals surface area (Å²) in [6.07, 6.45) is 0.788. The Bertz CT molecular complexity index is 271. The lowest BCUT2D eigenvalue weighted by atomic mass is 10.2. The second-order valence-electron chi connectivity index (χ2n) is 5.37. The number of amides is 1. The minimum atomic E-state index is -0.487. The lowest BCUT2D eigenvalue weighted by molar-refractivity contribution is -0.117. The highest BCUT2D eigenvalue weighted by Gasteiger charge is 2.21. The Balaban J connectivity index is 4.25. The van der Waals surface area contributed by atoms with Crippen LogP contribution in [0.5, 0.6) is 0 Å². The molecular weight excluding hydrogens is 237 g/mol. The van der Waals surface area contributed by atoms with Gasteiger partial charge in [0.15, 0.2) is 0 Å². The van der Waals surface area contributed by atoms with E-state index in [1.54, 1.807) is 6.92 Å². The quantitative estimate of drug-likeness (QED) is 0.774. The average molecular weight is 261 g/mol. The third-order valence-electron chi connectivity index (χ3n) is 2.08. The summed E-state index contributed by atoms with van der Waals surface area (Å²) in [5.41, 5.74) is -0.487. The van der Waals surface area contributed by atoms with Gasteiger partial charge in [0.05, 0.1) is 5.78 Å². The number of nitrogens with one attached hydrogen (secondary N) is 1. The van der Waals surface area contributed by atoms with E-state index < -0.39 is 11.7 Å². The van der Waals surface area contributed by atoms with E-state index in [1.165, 1.54) is 0 Å². The first-order valence-electron chi connectivity index (χ1n) is 5.77. The largest absolute Gasteiger partial charge is 0.444 e. The van der Waals surface area contributed by atoms with E-state index >= 15 is 0 Å². The number of carbonyl (C=O) groups excluding carboxylic acids is 2. The van der Waals surface area contributed by atoms with Crippen LogP contribution in [0.15, 0.2) is 0 Å². The molecule has 0 spiro atoms. The highest BCUT2D eigenvalue weighted by Crippen LogP contribution is 2.33. The molecule has 0 aliphatic heterocycles. The summed E-state index contributed by atoms with van der Waals surface area (Å²) in [4.78, 5) is 22.6. The van der Waals surface area contributed by atoms with Crippen molar-refractivity contribution in [2.45, 2.75) is 51.9 Å². The highest BCUT2D eigenvalue weighted by molar-refractivity contribution is 7.56. The molecule has 0 radical (unpaired) electrons. The molecule has 1 unspecified atom stereocenters. The van der Waals surface area contributed by atoms with Crippen LogP contribution in [0.2, 0.25) is 0 Å². The molecule has 0 aliphatic carbocycles. The molecule has 0 aromatic carbocycles. The zero-order chi connectivity index (χ0) is 13.6. The monoisotopic (exact) mass is 261 g/mol. The Kier molecular flexibility index (Phi) is 6.69. The molecule has 4 nitrogen and oxygen atoms in total. The van der Waals surface area contributed by atoms with Gasteiger partial charge in [-0.05, 0) is 47.4 Å². The van der Waals surface area contributed by atoms with E-state index in [0.29, 0.717) is 12.8 Å². The predicted molar refractivity (Wildman–Crippen MR) is 71.8 cm³/mol. The Labute approximate surface area is 105 Å². The first-order valence-corrected chi connectivity index (χ1v) is 8.07. The van der Waals surface area contributed by atoms with Gasteiger partial charge in [-0.2, -0.15) is 0 Å². The van der Waals surface area contributed by atoms with Crippen molar-refractivity contribution in [2.24, 2.45) is 0 Å². The number of ketones is 1. The van der Waals surface area contributed by atoms with E-state index in [-0.39, 0.29) is 19.5 Å². The zero-order valence-electron chi connectivity index (χ0n) is 11.7. The van der Waals surface area contributed by atoms with E-state index in [2.05, 4.69) is 18.6 Å². The molecule has 1 atom stereocenters. The summed E-state index contributed by atoms with van der Waals surface area (Å²) in [6, 6.07) is 0. The van der Waals surface area contributed by atoms with Gasteiger partial charge in [-0.15, -0.1) is 0 Å². The van der Waals surface area contributed by atoms with Crippen LogP contribution in [0.1, 0.15) is 40.5 Å². The molecule has 1 N–H and O–H groups in total. The van der Waals surface area contributed by atoms with Gasteiger partial charge in [-0.25, -0.2) is 4.79 Å². The molecule has 0 bridgehead atoms. The van der Waals surface area contributed by atoms with Crippen LogP contribution in [0.25, 0.3) is 0 Å². The maximum Gasteiger partial charge on any atom is 0.408 e. The molecule has 1 amide bonds. The van der Waals surface area contributed by atoms with Crippen LogP contribution in [-0.4, -0.2) is 36.6 Å². The van der Waals surface area contributed by atoms with E-state index in [4.69, 9.17) is 4.74 Å². The van der Waals surface area contributed by atoms with Crippen molar-refractivity contribution < 1.29 is 14.3 Å². The molecule has 0 heterocycles. The van der Waals surface area contributed by atoms with Crippen LogP contribution in [0.4, 0.5) is 4.79 Å². The van der Waals surface area contributed by atoms with Gasteiger partial charge >= 0.3 is 6.09 Å². The molecule has 0 aromatic heterocycles. The summed E-state index contributed by atoms with van der Waals surface area (Å²) >= 11 is 0. The SMILES string of the molecule is CC(=O)CCC(NC(=O)OC(C)(C)C)P(C)C. The fourth-order valence-corrected chi connectivity index (χ4v) is 2.25. The molecule has 0 fully saturated rings. The third kappa shape index (κ3) is 9.11. The summed E-state index contributed by atoms with van der Waals surface area (Å²) in [6.45, 7) is 11.2. The highest BCUT2D eigenvalue weighted by atomic mass is 31.1. The van der Waals surface area contributed by atoms with Gasteiger partial charge in [-0.1, -0.05) is 7.92 Å². The van der Waals surface area contributed by atoms with Gasteiger partial charge in [-0.3, -0.25) is 0 Å². The first kappa shape index (κ1) is 16.4. The minimum Gasteiger partial charge on any atom is -0.444 e. The van der Waals surface area contributed by atoms with Crippen molar-refractivity contribution in [1.82, 2.24) is 5.32 Å². The summed E-state index contributed by atoms with van der Waals surface area (Å²) in [5, 5.41) is 2.84. The Morgan fingerprint density at radius 2 is 1.82 bits per heavy atom. The number of alkyl carbamates (subject to hydrolysis) is 1. The Hall–Kier alpha value is -0.630. The number of hydrogen-bond donors (Lipinski definition) is 1. The van der Waals surface area contributed by atoms with E-state index in [9.17, 15) is 9.59 Å². The molecule has 0 rings (SSSR count). The Morgan fingerprint density at radius 1 is 1.29 bits per heavy atom. The maximum atomic E-state index is 11.6. The fourth-order valence-electron chi connectivity index (χ4n) is 1.24. The molecule has 17 heavy (non-hydrogen) atoms. The second-order valence-corrected chi connectivity index (χ2v) is 7.92. The molecule has 5 heteroatoms. The average Bonchev–Trinajstić information content (AvgIpc) is 2.08. The lowest BCUT2D eigenvalue weighted by Crippen LogP contribution is -2.38. The van der Waals surface area contributed by atoms with Crippen molar-refractivity contribution in [3.05, 3.63) is 0 Å². The van der Waals surface area contributed by atoms with E-state index in [0.717, 1.165) is 0 Å².